The number of anilines is 2. The monoisotopic (exact) mass is 240 g/mol. The summed E-state index contributed by atoms with van der Waals surface area (Å²) in [5.41, 5.74) is 11.0. The lowest BCUT2D eigenvalue weighted by Crippen LogP contribution is -2.31. The number of nitrogen functional groups attached to an aromatic ring is 2. The van der Waals surface area contributed by atoms with E-state index in [9.17, 15) is 0 Å². The molecule has 0 aromatic carbocycles. The summed E-state index contributed by atoms with van der Waals surface area (Å²) < 4.78 is 0. The van der Waals surface area contributed by atoms with Gasteiger partial charge in [0, 0.05) is 11.8 Å². The molecule has 4 N–H and O–H groups in total. The second-order valence-electron chi connectivity index (χ2n) is 3.90. The molecular formula is C9H16N6S. The topological polar surface area (TPSA) is 94.0 Å². The highest BCUT2D eigenvalue weighted by Crippen LogP contribution is 2.22. The molecule has 2 heterocycles. The zero-order chi connectivity index (χ0) is 11.5. The van der Waals surface area contributed by atoms with Crippen LogP contribution in [0.25, 0.3) is 0 Å². The van der Waals surface area contributed by atoms with Gasteiger partial charge in [0.05, 0.1) is 6.54 Å². The van der Waals surface area contributed by atoms with Crippen molar-refractivity contribution < 1.29 is 0 Å². The van der Waals surface area contributed by atoms with E-state index in [1.165, 1.54) is 17.9 Å². The Hall–Kier alpha value is -1.08. The molecule has 2 rings (SSSR count). The summed E-state index contributed by atoms with van der Waals surface area (Å²) >= 11 is 1.98. The Balaban J connectivity index is 2.02. The average molecular weight is 240 g/mol. The molecule has 7 heteroatoms. The van der Waals surface area contributed by atoms with Gasteiger partial charge < -0.3 is 11.5 Å². The van der Waals surface area contributed by atoms with Gasteiger partial charge in [0.2, 0.25) is 11.9 Å². The first-order valence-electron chi connectivity index (χ1n) is 5.19. The highest BCUT2D eigenvalue weighted by Gasteiger charge is 2.20. The van der Waals surface area contributed by atoms with Crippen LogP contribution >= 0.6 is 11.8 Å². The van der Waals surface area contributed by atoms with Gasteiger partial charge in [0.1, 0.15) is 5.82 Å². The molecule has 1 aromatic heterocycles. The molecule has 0 bridgehead atoms. The van der Waals surface area contributed by atoms with E-state index in [0.717, 1.165) is 0 Å². The Kier molecular flexibility index (Phi) is 3.45. The molecule has 0 unspecified atom stereocenters. The molecule has 16 heavy (non-hydrogen) atoms. The Labute approximate surface area is 98.8 Å². The number of thioether (sulfide) groups is 1. The van der Waals surface area contributed by atoms with Crippen molar-refractivity contribution in [3.63, 3.8) is 0 Å². The van der Waals surface area contributed by atoms with Crippen molar-refractivity contribution in [1.82, 2.24) is 19.9 Å². The van der Waals surface area contributed by atoms with E-state index in [2.05, 4.69) is 26.9 Å². The normalized spacial score (nSPS) is 20.5. The fourth-order valence-electron chi connectivity index (χ4n) is 1.75. The standard InChI is InChI=1S/C9H16N6S/c1-15(6-2-3-16-5-6)4-7-12-8(10)14-9(11)13-7/h6H,2-5H2,1H3,(H4,10,11,12,13,14)/t6-/m0/s1. The molecular weight excluding hydrogens is 224 g/mol. The second kappa shape index (κ2) is 4.84. The van der Waals surface area contributed by atoms with Crippen molar-refractivity contribution in [2.24, 2.45) is 0 Å². The van der Waals surface area contributed by atoms with Crippen molar-refractivity contribution >= 4 is 23.7 Å². The zero-order valence-electron chi connectivity index (χ0n) is 9.26. The SMILES string of the molecule is CN(Cc1nc(N)nc(N)n1)[C@H]1CCSC1. The van der Waals surface area contributed by atoms with Gasteiger partial charge in [-0.2, -0.15) is 26.7 Å². The third kappa shape index (κ3) is 2.73. The van der Waals surface area contributed by atoms with Crippen molar-refractivity contribution in [1.29, 1.82) is 0 Å². The van der Waals surface area contributed by atoms with Gasteiger partial charge in [0.15, 0.2) is 0 Å². The van der Waals surface area contributed by atoms with E-state index in [1.54, 1.807) is 0 Å². The van der Waals surface area contributed by atoms with E-state index in [4.69, 9.17) is 11.5 Å². The van der Waals surface area contributed by atoms with Crippen LogP contribution in [0.2, 0.25) is 0 Å². The Bertz CT molecular complexity index is 345. The van der Waals surface area contributed by atoms with E-state index >= 15 is 0 Å². The molecule has 0 radical (unpaired) electrons. The molecule has 1 atom stereocenters. The number of hydrogen-bond acceptors (Lipinski definition) is 7. The maximum Gasteiger partial charge on any atom is 0.225 e. The third-order valence-corrected chi connectivity index (χ3v) is 3.78. The lowest BCUT2D eigenvalue weighted by atomic mass is 10.2. The molecule has 88 valence electrons. The van der Waals surface area contributed by atoms with Gasteiger partial charge in [-0.3, -0.25) is 4.90 Å². The highest BCUT2D eigenvalue weighted by atomic mass is 32.2. The van der Waals surface area contributed by atoms with Gasteiger partial charge in [-0.25, -0.2) is 0 Å². The number of nitrogens with two attached hydrogens (primary N) is 2. The van der Waals surface area contributed by atoms with Gasteiger partial charge in [-0.1, -0.05) is 0 Å². The van der Waals surface area contributed by atoms with Crippen LogP contribution in [0.4, 0.5) is 11.9 Å². The third-order valence-electron chi connectivity index (χ3n) is 2.64. The van der Waals surface area contributed by atoms with E-state index in [-0.39, 0.29) is 11.9 Å². The predicted molar refractivity (Wildman–Crippen MR) is 65.8 cm³/mol. The lowest BCUT2D eigenvalue weighted by Gasteiger charge is -2.22. The van der Waals surface area contributed by atoms with Gasteiger partial charge in [0.25, 0.3) is 0 Å². The first kappa shape index (κ1) is 11.4. The van der Waals surface area contributed by atoms with Crippen LogP contribution in [0.3, 0.4) is 0 Å². The van der Waals surface area contributed by atoms with Crippen LogP contribution < -0.4 is 11.5 Å². The molecule has 0 spiro atoms. The molecule has 0 aliphatic carbocycles. The van der Waals surface area contributed by atoms with Crippen LogP contribution in [0.1, 0.15) is 12.2 Å². The first-order valence-corrected chi connectivity index (χ1v) is 6.34. The fraction of sp³-hybridized carbons (Fsp3) is 0.667. The summed E-state index contributed by atoms with van der Waals surface area (Å²) in [4.78, 5) is 14.1. The van der Waals surface area contributed by atoms with Gasteiger partial charge in [-0.15, -0.1) is 0 Å². The van der Waals surface area contributed by atoms with Crippen molar-refractivity contribution in [3.05, 3.63) is 5.82 Å². The summed E-state index contributed by atoms with van der Waals surface area (Å²) in [5.74, 6) is 3.43. The molecule has 6 nitrogen and oxygen atoms in total. The summed E-state index contributed by atoms with van der Waals surface area (Å²) in [7, 11) is 2.08. The summed E-state index contributed by atoms with van der Waals surface area (Å²) in [5, 5.41) is 0. The summed E-state index contributed by atoms with van der Waals surface area (Å²) in [6.07, 6.45) is 1.22. The molecule has 1 aromatic rings. The highest BCUT2D eigenvalue weighted by molar-refractivity contribution is 7.99. The van der Waals surface area contributed by atoms with Crippen LogP contribution in [0, 0.1) is 0 Å². The molecule has 0 amide bonds. The largest absolute Gasteiger partial charge is 0.368 e. The van der Waals surface area contributed by atoms with E-state index in [1.807, 2.05) is 11.8 Å². The zero-order valence-corrected chi connectivity index (χ0v) is 10.1. The Morgan fingerprint density at radius 1 is 1.31 bits per heavy atom. The molecule has 1 aliphatic heterocycles. The van der Waals surface area contributed by atoms with Crippen molar-refractivity contribution in [2.45, 2.75) is 19.0 Å². The minimum Gasteiger partial charge on any atom is -0.368 e. The smallest absolute Gasteiger partial charge is 0.225 e. The molecule has 0 saturated carbocycles. The minimum absolute atomic E-state index is 0.191. The summed E-state index contributed by atoms with van der Waals surface area (Å²) in [6, 6.07) is 0.601. The predicted octanol–water partition coefficient (Wildman–Crippen LogP) is -0.0267. The summed E-state index contributed by atoms with van der Waals surface area (Å²) in [6.45, 7) is 0.669. The van der Waals surface area contributed by atoms with Crippen LogP contribution in [0.5, 0.6) is 0 Å². The second-order valence-corrected chi connectivity index (χ2v) is 5.05. The maximum absolute atomic E-state index is 5.52. The molecule has 1 aliphatic rings. The van der Waals surface area contributed by atoms with Crippen LogP contribution in [0.15, 0.2) is 0 Å². The number of hydrogen-bond donors (Lipinski definition) is 2. The average Bonchev–Trinajstić information content (AvgIpc) is 2.68. The van der Waals surface area contributed by atoms with E-state index < -0.39 is 0 Å². The Morgan fingerprint density at radius 3 is 2.56 bits per heavy atom. The van der Waals surface area contributed by atoms with Crippen LogP contribution in [-0.2, 0) is 6.54 Å². The number of nitrogens with zero attached hydrogens (tertiary/aromatic N) is 4. The fourth-order valence-corrected chi connectivity index (χ4v) is 3.05. The van der Waals surface area contributed by atoms with Crippen LogP contribution in [-0.4, -0.2) is 44.4 Å². The molecule has 1 saturated heterocycles. The van der Waals surface area contributed by atoms with E-state index in [0.29, 0.717) is 18.4 Å². The molecule has 1 fully saturated rings. The van der Waals surface area contributed by atoms with Gasteiger partial charge in [-0.05, 0) is 19.2 Å². The number of aromatic nitrogens is 3. The van der Waals surface area contributed by atoms with Gasteiger partial charge >= 0.3 is 0 Å². The van der Waals surface area contributed by atoms with Crippen molar-refractivity contribution in [3.8, 4) is 0 Å². The number of rotatable bonds is 3. The lowest BCUT2D eigenvalue weighted by molar-refractivity contribution is 0.248. The maximum atomic E-state index is 5.52. The first-order chi connectivity index (χ1) is 7.65. The minimum atomic E-state index is 0.191. The van der Waals surface area contributed by atoms with Crippen molar-refractivity contribution in [2.75, 3.05) is 30.0 Å². The quantitative estimate of drug-likeness (QED) is 0.766. The Morgan fingerprint density at radius 2 is 2.00 bits per heavy atom.